The van der Waals surface area contributed by atoms with Crippen LogP contribution in [0.4, 0.5) is 8.78 Å². The Labute approximate surface area is 112 Å². The molecule has 0 amide bonds. The molecule has 2 rings (SSSR count). The van der Waals surface area contributed by atoms with Gasteiger partial charge in [-0.05, 0) is 28.1 Å². The predicted octanol–water partition coefficient (Wildman–Crippen LogP) is 4.07. The average Bonchev–Trinajstić information content (AvgIpc) is 2.28. The van der Waals surface area contributed by atoms with Crippen LogP contribution in [-0.2, 0) is 0 Å². The molecule has 0 unspecified atom stereocenters. The maximum atomic E-state index is 13.4. The monoisotopic (exact) mass is 364 g/mol. The fraction of sp³-hybridized carbons (Fsp3) is 0. The van der Waals surface area contributed by atoms with E-state index in [-0.39, 0.29) is 11.8 Å². The Morgan fingerprint density at radius 2 is 1.65 bits per heavy atom. The third-order valence-electron chi connectivity index (χ3n) is 1.76. The van der Waals surface area contributed by atoms with Gasteiger partial charge in [-0.3, -0.25) is 0 Å². The average molecular weight is 366 g/mol. The highest BCUT2D eigenvalue weighted by atomic mass is 79.9. The predicted molar refractivity (Wildman–Crippen MR) is 63.9 cm³/mol. The molecule has 3 nitrogen and oxygen atoms in total. The zero-order chi connectivity index (χ0) is 12.4. The molecule has 0 saturated carbocycles. The maximum absolute atomic E-state index is 13.4. The Balaban J connectivity index is 2.32. The van der Waals surface area contributed by atoms with Crippen LogP contribution in [0, 0.1) is 11.6 Å². The van der Waals surface area contributed by atoms with Crippen molar-refractivity contribution in [3.63, 3.8) is 0 Å². The minimum atomic E-state index is -1.08. The second-order valence-electron chi connectivity index (χ2n) is 2.99. The first-order valence-corrected chi connectivity index (χ1v) is 5.95. The number of aromatic nitrogens is 2. The van der Waals surface area contributed by atoms with Gasteiger partial charge in [0, 0.05) is 16.9 Å². The summed E-state index contributed by atoms with van der Waals surface area (Å²) < 4.78 is 32.5. The van der Waals surface area contributed by atoms with E-state index in [0.29, 0.717) is 8.95 Å². The van der Waals surface area contributed by atoms with Crippen molar-refractivity contribution in [2.75, 3.05) is 0 Å². The van der Waals surface area contributed by atoms with Crippen molar-refractivity contribution in [2.45, 2.75) is 0 Å². The second-order valence-corrected chi connectivity index (χ2v) is 4.82. The molecule has 0 spiro atoms. The van der Waals surface area contributed by atoms with Gasteiger partial charge in [-0.15, -0.1) is 0 Å². The third-order valence-corrected chi connectivity index (χ3v) is 2.62. The molecule has 0 radical (unpaired) electrons. The summed E-state index contributed by atoms with van der Waals surface area (Å²) in [5, 5.41) is 0. The van der Waals surface area contributed by atoms with E-state index in [1.54, 1.807) is 0 Å². The molecule has 0 aliphatic rings. The van der Waals surface area contributed by atoms with E-state index in [9.17, 15) is 8.78 Å². The van der Waals surface area contributed by atoms with Gasteiger partial charge in [0.2, 0.25) is 5.82 Å². The van der Waals surface area contributed by atoms with Crippen LogP contribution in [0.3, 0.4) is 0 Å². The molecule has 1 aromatic carbocycles. The van der Waals surface area contributed by atoms with Crippen LogP contribution >= 0.6 is 31.9 Å². The van der Waals surface area contributed by atoms with Crippen LogP contribution in [0.2, 0.25) is 0 Å². The Kier molecular flexibility index (Phi) is 3.68. The van der Waals surface area contributed by atoms with Gasteiger partial charge in [0.25, 0.3) is 0 Å². The quantitative estimate of drug-likeness (QED) is 0.752. The first-order valence-electron chi connectivity index (χ1n) is 4.36. The lowest BCUT2D eigenvalue weighted by molar-refractivity contribution is 0.392. The summed E-state index contributed by atoms with van der Waals surface area (Å²) in [4.78, 5) is 7.58. The standard InChI is InChI=1S/C10H4Br2F2N2O/c11-5-1-7(13)9(14)8(2-5)17-10-15-3-6(12)4-16-10/h1-4H. The normalized spacial score (nSPS) is 10.4. The van der Waals surface area contributed by atoms with Crippen molar-refractivity contribution in [1.29, 1.82) is 0 Å². The summed E-state index contributed by atoms with van der Waals surface area (Å²) in [6.45, 7) is 0. The molecule has 17 heavy (non-hydrogen) atoms. The summed E-state index contributed by atoms with van der Waals surface area (Å²) in [5.41, 5.74) is 0. The molecule has 88 valence electrons. The number of hydrogen-bond acceptors (Lipinski definition) is 3. The second kappa shape index (κ2) is 5.05. The van der Waals surface area contributed by atoms with Crippen LogP contribution in [0.1, 0.15) is 0 Å². The van der Waals surface area contributed by atoms with Crippen LogP contribution in [0.15, 0.2) is 33.5 Å². The van der Waals surface area contributed by atoms with Gasteiger partial charge in [0.15, 0.2) is 11.6 Å². The van der Waals surface area contributed by atoms with E-state index in [4.69, 9.17) is 4.74 Å². The van der Waals surface area contributed by atoms with E-state index >= 15 is 0 Å². The summed E-state index contributed by atoms with van der Waals surface area (Å²) in [7, 11) is 0. The van der Waals surface area contributed by atoms with Crippen LogP contribution in [0.25, 0.3) is 0 Å². The van der Waals surface area contributed by atoms with Gasteiger partial charge in [-0.25, -0.2) is 14.4 Å². The number of halogens is 4. The molecule has 2 aromatic rings. The van der Waals surface area contributed by atoms with Crippen molar-refractivity contribution >= 4 is 31.9 Å². The van der Waals surface area contributed by atoms with Crippen molar-refractivity contribution in [3.8, 4) is 11.8 Å². The zero-order valence-electron chi connectivity index (χ0n) is 8.12. The van der Waals surface area contributed by atoms with Gasteiger partial charge in [-0.1, -0.05) is 15.9 Å². The summed E-state index contributed by atoms with van der Waals surface area (Å²) in [5.74, 6) is -2.37. The lowest BCUT2D eigenvalue weighted by Gasteiger charge is -2.05. The molecule has 0 aliphatic heterocycles. The minimum Gasteiger partial charge on any atom is -0.421 e. The minimum absolute atomic E-state index is 0.0652. The summed E-state index contributed by atoms with van der Waals surface area (Å²) in [6, 6.07) is 2.23. The van der Waals surface area contributed by atoms with Gasteiger partial charge in [0.1, 0.15) is 0 Å². The topological polar surface area (TPSA) is 35.0 Å². The number of hydrogen-bond donors (Lipinski definition) is 0. The van der Waals surface area contributed by atoms with Crippen molar-refractivity contribution in [1.82, 2.24) is 9.97 Å². The number of benzene rings is 1. The highest BCUT2D eigenvalue weighted by Crippen LogP contribution is 2.28. The first-order chi connectivity index (χ1) is 8.06. The fourth-order valence-electron chi connectivity index (χ4n) is 1.06. The van der Waals surface area contributed by atoms with E-state index in [1.165, 1.54) is 18.5 Å². The molecule has 0 atom stereocenters. The Morgan fingerprint density at radius 3 is 2.29 bits per heavy atom. The highest BCUT2D eigenvalue weighted by molar-refractivity contribution is 9.10. The Bertz CT molecular complexity index is 549. The maximum Gasteiger partial charge on any atom is 0.322 e. The molecule has 0 N–H and O–H groups in total. The van der Waals surface area contributed by atoms with Crippen molar-refractivity contribution < 1.29 is 13.5 Å². The zero-order valence-corrected chi connectivity index (χ0v) is 11.3. The van der Waals surface area contributed by atoms with Crippen molar-refractivity contribution in [3.05, 3.63) is 45.1 Å². The SMILES string of the molecule is Fc1cc(Br)cc(Oc2ncc(Br)cn2)c1F. The highest BCUT2D eigenvalue weighted by Gasteiger charge is 2.13. The molecular weight excluding hydrogens is 362 g/mol. The lowest BCUT2D eigenvalue weighted by Crippen LogP contribution is -1.95. The number of rotatable bonds is 2. The summed E-state index contributed by atoms with van der Waals surface area (Å²) >= 11 is 6.18. The van der Waals surface area contributed by atoms with Crippen molar-refractivity contribution in [2.24, 2.45) is 0 Å². The molecule has 0 bridgehead atoms. The lowest BCUT2D eigenvalue weighted by atomic mass is 10.3. The van der Waals surface area contributed by atoms with Crippen LogP contribution in [-0.4, -0.2) is 9.97 Å². The van der Waals surface area contributed by atoms with E-state index in [1.807, 2.05) is 0 Å². The van der Waals surface area contributed by atoms with E-state index < -0.39 is 11.6 Å². The molecule has 1 aromatic heterocycles. The first kappa shape index (κ1) is 12.4. The van der Waals surface area contributed by atoms with Crippen LogP contribution < -0.4 is 4.74 Å². The fourth-order valence-corrected chi connectivity index (χ4v) is 1.67. The third kappa shape index (κ3) is 2.98. The molecule has 0 saturated heterocycles. The number of nitrogens with zero attached hydrogens (tertiary/aromatic N) is 2. The molecule has 0 fully saturated rings. The van der Waals surface area contributed by atoms with E-state index in [2.05, 4.69) is 41.8 Å². The number of ether oxygens (including phenoxy) is 1. The molecule has 1 heterocycles. The molecule has 0 aliphatic carbocycles. The Hall–Kier alpha value is -1.08. The molecular formula is C10H4Br2F2N2O. The Morgan fingerprint density at radius 1 is 1.00 bits per heavy atom. The smallest absolute Gasteiger partial charge is 0.322 e. The van der Waals surface area contributed by atoms with E-state index in [0.717, 1.165) is 6.07 Å². The van der Waals surface area contributed by atoms with Gasteiger partial charge in [-0.2, -0.15) is 4.39 Å². The van der Waals surface area contributed by atoms with Gasteiger partial charge < -0.3 is 4.74 Å². The largest absolute Gasteiger partial charge is 0.421 e. The summed E-state index contributed by atoms with van der Waals surface area (Å²) in [6.07, 6.45) is 2.88. The molecule has 7 heteroatoms. The van der Waals surface area contributed by atoms with Gasteiger partial charge >= 0.3 is 6.01 Å². The van der Waals surface area contributed by atoms with Crippen LogP contribution in [0.5, 0.6) is 11.8 Å². The van der Waals surface area contributed by atoms with Gasteiger partial charge in [0.05, 0.1) is 4.47 Å².